The first-order valence-electron chi connectivity index (χ1n) is 8.97. The zero-order valence-electron chi connectivity index (χ0n) is 13.8. The number of nitrogens with zero attached hydrogens (tertiary/aromatic N) is 3. The Labute approximate surface area is 136 Å². The van der Waals surface area contributed by atoms with E-state index in [0.29, 0.717) is 31.3 Å². The predicted octanol–water partition coefficient (Wildman–Crippen LogP) is 1.88. The SMILES string of the molecule is Cn1cnc2c(c1=O)CCN(C(=O)[C@H]1C[C@H]1C1CCCCC1)C2. The van der Waals surface area contributed by atoms with Crippen LogP contribution in [0.5, 0.6) is 0 Å². The smallest absolute Gasteiger partial charge is 0.256 e. The van der Waals surface area contributed by atoms with E-state index in [9.17, 15) is 9.59 Å². The number of carbonyl (C=O) groups is 1. The Morgan fingerprint density at radius 3 is 2.83 bits per heavy atom. The summed E-state index contributed by atoms with van der Waals surface area (Å²) in [5.41, 5.74) is 1.62. The van der Waals surface area contributed by atoms with E-state index in [2.05, 4.69) is 4.98 Å². The lowest BCUT2D eigenvalue weighted by atomic mass is 9.85. The van der Waals surface area contributed by atoms with Crippen LogP contribution in [-0.4, -0.2) is 26.9 Å². The van der Waals surface area contributed by atoms with E-state index in [-0.39, 0.29) is 11.5 Å². The Morgan fingerprint density at radius 1 is 1.26 bits per heavy atom. The van der Waals surface area contributed by atoms with Crippen LogP contribution >= 0.6 is 0 Å². The molecule has 2 saturated carbocycles. The van der Waals surface area contributed by atoms with Gasteiger partial charge in [-0.2, -0.15) is 0 Å². The van der Waals surface area contributed by atoms with E-state index >= 15 is 0 Å². The summed E-state index contributed by atoms with van der Waals surface area (Å²) in [5, 5.41) is 0. The van der Waals surface area contributed by atoms with Crippen molar-refractivity contribution in [3.05, 3.63) is 27.9 Å². The van der Waals surface area contributed by atoms with Crippen molar-refractivity contribution in [2.24, 2.45) is 24.8 Å². The highest BCUT2D eigenvalue weighted by Gasteiger charge is 2.49. The molecule has 1 aromatic heterocycles. The van der Waals surface area contributed by atoms with E-state index in [0.717, 1.165) is 23.6 Å². The average molecular weight is 315 g/mol. The number of amides is 1. The third-order valence-corrected chi connectivity index (χ3v) is 6.01. The van der Waals surface area contributed by atoms with Crippen molar-refractivity contribution in [1.29, 1.82) is 0 Å². The second-order valence-electron chi connectivity index (χ2n) is 7.50. The fourth-order valence-corrected chi connectivity index (χ4v) is 4.52. The molecule has 4 rings (SSSR count). The standard InChI is InChI=1S/C18H25N3O2/c1-20-11-19-16-10-21(8-7-13(16)17(20)22)18(23)15-9-14(15)12-5-3-2-4-6-12/h11-12,14-15H,2-10H2,1H3/t14-,15-/m0/s1. The van der Waals surface area contributed by atoms with Crippen LogP contribution in [0.25, 0.3) is 0 Å². The summed E-state index contributed by atoms with van der Waals surface area (Å²) in [6.07, 6.45) is 9.96. The van der Waals surface area contributed by atoms with E-state index in [4.69, 9.17) is 0 Å². The summed E-state index contributed by atoms with van der Waals surface area (Å²) >= 11 is 0. The highest BCUT2D eigenvalue weighted by atomic mass is 16.2. The Kier molecular flexibility index (Phi) is 3.74. The molecule has 5 heteroatoms. The molecule has 0 bridgehead atoms. The van der Waals surface area contributed by atoms with Gasteiger partial charge in [0, 0.05) is 25.1 Å². The van der Waals surface area contributed by atoms with Gasteiger partial charge in [0.2, 0.25) is 5.91 Å². The Morgan fingerprint density at radius 2 is 2.04 bits per heavy atom. The summed E-state index contributed by atoms with van der Waals surface area (Å²) in [5.74, 6) is 1.95. The molecule has 0 aromatic carbocycles. The predicted molar refractivity (Wildman–Crippen MR) is 86.8 cm³/mol. The van der Waals surface area contributed by atoms with Crippen molar-refractivity contribution in [1.82, 2.24) is 14.5 Å². The number of carbonyl (C=O) groups excluding carboxylic acids is 1. The summed E-state index contributed by atoms with van der Waals surface area (Å²) in [7, 11) is 1.73. The summed E-state index contributed by atoms with van der Waals surface area (Å²) in [6, 6.07) is 0. The molecule has 1 amide bonds. The Balaban J connectivity index is 1.43. The average Bonchev–Trinajstić information content (AvgIpc) is 3.39. The van der Waals surface area contributed by atoms with Crippen molar-refractivity contribution in [3.8, 4) is 0 Å². The molecular weight excluding hydrogens is 290 g/mol. The molecule has 1 aliphatic heterocycles. The van der Waals surface area contributed by atoms with Crippen LogP contribution in [0.4, 0.5) is 0 Å². The first-order valence-corrected chi connectivity index (χ1v) is 8.97. The largest absolute Gasteiger partial charge is 0.336 e. The normalized spacial score (nSPS) is 27.6. The molecule has 2 atom stereocenters. The van der Waals surface area contributed by atoms with Crippen molar-refractivity contribution in [2.45, 2.75) is 51.5 Å². The maximum Gasteiger partial charge on any atom is 0.256 e. The number of aromatic nitrogens is 2. The van der Waals surface area contributed by atoms with Crippen molar-refractivity contribution in [2.75, 3.05) is 6.54 Å². The molecule has 0 saturated heterocycles. The van der Waals surface area contributed by atoms with Gasteiger partial charge >= 0.3 is 0 Å². The van der Waals surface area contributed by atoms with Gasteiger partial charge in [0.1, 0.15) is 0 Å². The number of hydrogen-bond donors (Lipinski definition) is 0. The Bertz CT molecular complexity index is 675. The third kappa shape index (κ3) is 2.70. The molecule has 23 heavy (non-hydrogen) atoms. The number of fused-ring (bicyclic) bond motifs is 1. The Hall–Kier alpha value is -1.65. The third-order valence-electron chi connectivity index (χ3n) is 6.01. The van der Waals surface area contributed by atoms with Crippen LogP contribution in [0.3, 0.4) is 0 Å². The van der Waals surface area contributed by atoms with Gasteiger partial charge in [-0.3, -0.25) is 9.59 Å². The van der Waals surface area contributed by atoms with Crippen molar-refractivity contribution >= 4 is 5.91 Å². The van der Waals surface area contributed by atoms with Crippen molar-refractivity contribution in [3.63, 3.8) is 0 Å². The lowest BCUT2D eigenvalue weighted by molar-refractivity contribution is -0.134. The minimum Gasteiger partial charge on any atom is -0.336 e. The van der Waals surface area contributed by atoms with Gasteiger partial charge in [-0.1, -0.05) is 32.1 Å². The maximum absolute atomic E-state index is 12.8. The molecule has 3 aliphatic rings. The monoisotopic (exact) mass is 315 g/mol. The molecule has 0 unspecified atom stereocenters. The molecule has 0 N–H and O–H groups in total. The molecule has 5 nitrogen and oxygen atoms in total. The van der Waals surface area contributed by atoms with Crippen LogP contribution in [0.1, 0.15) is 49.8 Å². The highest BCUT2D eigenvalue weighted by molar-refractivity contribution is 5.82. The van der Waals surface area contributed by atoms with Gasteiger partial charge in [0.05, 0.1) is 18.6 Å². The molecule has 0 radical (unpaired) electrons. The molecule has 0 spiro atoms. The molecule has 1 aromatic rings. The minimum absolute atomic E-state index is 0.0357. The van der Waals surface area contributed by atoms with E-state index in [1.165, 1.54) is 36.7 Å². The van der Waals surface area contributed by atoms with Gasteiger partial charge in [-0.05, 0) is 24.7 Å². The van der Waals surface area contributed by atoms with Crippen LogP contribution in [0.15, 0.2) is 11.1 Å². The number of aryl methyl sites for hydroxylation is 1. The molecular formula is C18H25N3O2. The van der Waals surface area contributed by atoms with Crippen LogP contribution in [0.2, 0.25) is 0 Å². The first kappa shape index (κ1) is 14.9. The molecule has 2 aliphatic carbocycles. The fourth-order valence-electron chi connectivity index (χ4n) is 4.52. The summed E-state index contributed by atoms with van der Waals surface area (Å²) in [6.45, 7) is 1.18. The zero-order chi connectivity index (χ0) is 16.0. The van der Waals surface area contributed by atoms with Gasteiger partial charge in [0.25, 0.3) is 5.56 Å². The number of hydrogen-bond acceptors (Lipinski definition) is 3. The van der Waals surface area contributed by atoms with Gasteiger partial charge in [-0.15, -0.1) is 0 Å². The van der Waals surface area contributed by atoms with Crippen LogP contribution < -0.4 is 5.56 Å². The van der Waals surface area contributed by atoms with E-state index in [1.807, 2.05) is 4.90 Å². The summed E-state index contributed by atoms with van der Waals surface area (Å²) < 4.78 is 1.52. The topological polar surface area (TPSA) is 55.2 Å². The van der Waals surface area contributed by atoms with Gasteiger partial charge < -0.3 is 9.47 Å². The molecule has 124 valence electrons. The van der Waals surface area contributed by atoms with Gasteiger partial charge in [-0.25, -0.2) is 4.98 Å². The van der Waals surface area contributed by atoms with Gasteiger partial charge in [0.15, 0.2) is 0 Å². The fraction of sp³-hybridized carbons (Fsp3) is 0.722. The second kappa shape index (κ2) is 5.77. The minimum atomic E-state index is 0.0357. The molecule has 2 fully saturated rings. The lowest BCUT2D eigenvalue weighted by Gasteiger charge is -2.29. The van der Waals surface area contributed by atoms with Crippen molar-refractivity contribution < 1.29 is 4.79 Å². The first-order chi connectivity index (χ1) is 11.1. The maximum atomic E-state index is 12.8. The summed E-state index contributed by atoms with van der Waals surface area (Å²) in [4.78, 5) is 31.2. The van der Waals surface area contributed by atoms with Crippen LogP contribution in [0, 0.1) is 17.8 Å². The lowest BCUT2D eigenvalue weighted by Crippen LogP contribution is -2.41. The zero-order valence-corrected chi connectivity index (χ0v) is 13.8. The van der Waals surface area contributed by atoms with E-state index in [1.54, 1.807) is 13.4 Å². The quantitative estimate of drug-likeness (QED) is 0.837. The second-order valence-corrected chi connectivity index (χ2v) is 7.50. The van der Waals surface area contributed by atoms with Crippen LogP contribution in [-0.2, 0) is 24.8 Å². The molecule has 2 heterocycles. The number of rotatable bonds is 2. The highest BCUT2D eigenvalue weighted by Crippen LogP contribution is 2.50. The van der Waals surface area contributed by atoms with E-state index < -0.39 is 0 Å².